The molecule has 7 nitrogen and oxygen atoms in total. The summed E-state index contributed by atoms with van der Waals surface area (Å²) < 4.78 is 33.8. The van der Waals surface area contributed by atoms with Gasteiger partial charge in [0.2, 0.25) is 5.91 Å². The highest BCUT2D eigenvalue weighted by molar-refractivity contribution is 7.90. The lowest BCUT2D eigenvalue weighted by Gasteiger charge is -2.05. The fraction of sp³-hybridized carbons (Fsp3) is 0.250. The maximum atomic E-state index is 12.5. The molecule has 2 aromatic heterocycles. The topological polar surface area (TPSA) is 94.2 Å². The number of aryl methyl sites for hydroxylation is 3. The molecule has 1 N–H and O–H groups in total. The first-order valence-electron chi connectivity index (χ1n) is 7.39. The number of carbonyl (C=O) groups is 1. The largest absolute Gasteiger partial charge is 0.361 e. The van der Waals surface area contributed by atoms with Gasteiger partial charge in [-0.3, -0.25) is 4.79 Å². The molecule has 0 aliphatic rings. The minimum absolute atomic E-state index is 0.00989. The Hall–Kier alpha value is -2.61. The number of rotatable bonds is 5. The number of hydrogen-bond acceptors (Lipinski definition) is 5. The zero-order valence-corrected chi connectivity index (χ0v) is 14.1. The molecule has 126 valence electrons. The van der Waals surface area contributed by atoms with E-state index in [0.717, 1.165) is 5.52 Å². The lowest BCUT2D eigenvalue weighted by atomic mass is 10.2. The SMILES string of the molecule is Cc1cc(CCC(=O)NS(=O)(=O)c2cn(C)c3ccccc23)no1. The number of sulfonamides is 1. The molecule has 24 heavy (non-hydrogen) atoms. The first-order chi connectivity index (χ1) is 11.4. The fourth-order valence-electron chi connectivity index (χ4n) is 2.55. The molecule has 0 aliphatic carbocycles. The van der Waals surface area contributed by atoms with E-state index in [0.29, 0.717) is 23.3 Å². The molecule has 8 heteroatoms. The first-order valence-corrected chi connectivity index (χ1v) is 8.87. The molecule has 1 amide bonds. The Balaban J connectivity index is 1.76. The zero-order chi connectivity index (χ0) is 17.3. The van der Waals surface area contributed by atoms with Gasteiger partial charge >= 0.3 is 0 Å². The summed E-state index contributed by atoms with van der Waals surface area (Å²) >= 11 is 0. The summed E-state index contributed by atoms with van der Waals surface area (Å²) in [5.74, 6) is 0.0670. The van der Waals surface area contributed by atoms with Crippen LogP contribution in [0, 0.1) is 6.92 Å². The molecule has 0 bridgehead atoms. The number of fused-ring (bicyclic) bond motifs is 1. The third kappa shape index (κ3) is 3.18. The van der Waals surface area contributed by atoms with Crippen molar-refractivity contribution in [3.8, 4) is 0 Å². The predicted octanol–water partition coefficient (Wildman–Crippen LogP) is 1.91. The maximum absolute atomic E-state index is 12.5. The van der Waals surface area contributed by atoms with Crippen molar-refractivity contribution in [1.29, 1.82) is 0 Å². The van der Waals surface area contributed by atoms with E-state index in [-0.39, 0.29) is 11.3 Å². The van der Waals surface area contributed by atoms with Gasteiger partial charge in [0.05, 0.1) is 5.69 Å². The van der Waals surface area contributed by atoms with Gasteiger partial charge < -0.3 is 9.09 Å². The van der Waals surface area contributed by atoms with Crippen LogP contribution >= 0.6 is 0 Å². The van der Waals surface area contributed by atoms with Gasteiger partial charge in [-0.2, -0.15) is 0 Å². The molecular weight excluding hydrogens is 330 g/mol. The van der Waals surface area contributed by atoms with Crippen molar-refractivity contribution >= 4 is 26.8 Å². The lowest BCUT2D eigenvalue weighted by Crippen LogP contribution is -2.30. The molecule has 0 fully saturated rings. The predicted molar refractivity (Wildman–Crippen MR) is 87.8 cm³/mol. The Morgan fingerprint density at radius 1 is 1.33 bits per heavy atom. The van der Waals surface area contributed by atoms with Crippen LogP contribution in [0.1, 0.15) is 17.9 Å². The molecule has 0 radical (unpaired) electrons. The summed E-state index contributed by atoms with van der Waals surface area (Å²) in [4.78, 5) is 12.1. The Labute approximate surface area is 139 Å². The number of nitrogens with one attached hydrogen (secondary N) is 1. The summed E-state index contributed by atoms with van der Waals surface area (Å²) in [6.45, 7) is 1.75. The van der Waals surface area contributed by atoms with Crippen molar-refractivity contribution < 1.29 is 17.7 Å². The highest BCUT2D eigenvalue weighted by Gasteiger charge is 2.22. The van der Waals surface area contributed by atoms with Crippen molar-refractivity contribution in [2.45, 2.75) is 24.7 Å². The molecular formula is C16H17N3O4S. The lowest BCUT2D eigenvalue weighted by molar-refractivity contribution is -0.119. The number of hydrogen-bond donors (Lipinski definition) is 1. The fourth-order valence-corrected chi connectivity index (χ4v) is 3.82. The molecule has 3 rings (SSSR count). The summed E-state index contributed by atoms with van der Waals surface area (Å²) in [5, 5.41) is 4.36. The van der Waals surface area contributed by atoms with Crippen LogP contribution in [0.15, 0.2) is 45.9 Å². The van der Waals surface area contributed by atoms with E-state index >= 15 is 0 Å². The summed E-state index contributed by atoms with van der Waals surface area (Å²) in [5.41, 5.74) is 1.40. The average molecular weight is 347 g/mol. The Bertz CT molecular complexity index is 1000. The smallest absolute Gasteiger partial charge is 0.266 e. The van der Waals surface area contributed by atoms with Crippen LogP contribution in [0.4, 0.5) is 0 Å². The number of aromatic nitrogens is 2. The highest BCUT2D eigenvalue weighted by Crippen LogP contribution is 2.24. The van der Waals surface area contributed by atoms with Gasteiger partial charge in [-0.05, 0) is 13.0 Å². The van der Waals surface area contributed by atoms with Crippen LogP contribution in [0.2, 0.25) is 0 Å². The Morgan fingerprint density at radius 2 is 2.08 bits per heavy atom. The molecule has 0 aliphatic heterocycles. The van der Waals surface area contributed by atoms with Crippen molar-refractivity contribution in [2.75, 3.05) is 0 Å². The van der Waals surface area contributed by atoms with E-state index in [2.05, 4.69) is 9.88 Å². The minimum Gasteiger partial charge on any atom is -0.361 e. The van der Waals surface area contributed by atoms with Crippen LogP contribution in [-0.4, -0.2) is 24.0 Å². The van der Waals surface area contributed by atoms with E-state index in [9.17, 15) is 13.2 Å². The zero-order valence-electron chi connectivity index (χ0n) is 13.3. The Kier molecular flexibility index (Phi) is 4.15. The van der Waals surface area contributed by atoms with Crippen LogP contribution in [0.5, 0.6) is 0 Å². The normalized spacial score (nSPS) is 11.8. The van der Waals surface area contributed by atoms with Crippen LogP contribution in [-0.2, 0) is 28.3 Å². The van der Waals surface area contributed by atoms with E-state index < -0.39 is 15.9 Å². The molecule has 2 heterocycles. The molecule has 0 saturated heterocycles. The van der Waals surface area contributed by atoms with Crippen molar-refractivity contribution in [3.05, 3.63) is 48.0 Å². The molecule has 1 aromatic carbocycles. The van der Waals surface area contributed by atoms with E-state index in [1.54, 1.807) is 36.7 Å². The van der Waals surface area contributed by atoms with Crippen LogP contribution < -0.4 is 4.72 Å². The molecule has 0 unspecified atom stereocenters. The van der Waals surface area contributed by atoms with E-state index in [1.807, 2.05) is 12.1 Å². The van der Waals surface area contributed by atoms with E-state index in [1.165, 1.54) is 6.20 Å². The average Bonchev–Trinajstić information content (AvgIpc) is 3.10. The standard InChI is InChI=1S/C16H17N3O4S/c1-11-9-12(17-23-11)7-8-16(20)18-24(21,22)15-10-19(2)14-6-4-3-5-13(14)15/h3-6,9-10H,7-8H2,1-2H3,(H,18,20). The third-order valence-corrected chi connectivity index (χ3v) is 5.08. The highest BCUT2D eigenvalue weighted by atomic mass is 32.2. The summed E-state index contributed by atoms with van der Waals surface area (Å²) in [7, 11) is -2.17. The van der Waals surface area contributed by atoms with Gasteiger partial charge in [0.15, 0.2) is 0 Å². The summed E-state index contributed by atoms with van der Waals surface area (Å²) in [6.07, 6.45) is 1.82. The number of nitrogens with zero attached hydrogens (tertiary/aromatic N) is 2. The number of amides is 1. The third-order valence-electron chi connectivity index (χ3n) is 3.68. The second kappa shape index (κ2) is 6.12. The molecule has 0 saturated carbocycles. The Morgan fingerprint density at radius 3 is 2.79 bits per heavy atom. The summed E-state index contributed by atoms with van der Waals surface area (Å²) in [6, 6.07) is 8.84. The molecule has 0 atom stereocenters. The van der Waals surface area contributed by atoms with Gasteiger partial charge in [0.25, 0.3) is 10.0 Å². The van der Waals surface area contributed by atoms with Gasteiger partial charge in [-0.1, -0.05) is 23.4 Å². The monoisotopic (exact) mass is 347 g/mol. The van der Waals surface area contributed by atoms with Gasteiger partial charge in [0.1, 0.15) is 10.7 Å². The van der Waals surface area contributed by atoms with Crippen LogP contribution in [0.3, 0.4) is 0 Å². The number of benzene rings is 1. The van der Waals surface area contributed by atoms with Gasteiger partial charge in [-0.15, -0.1) is 0 Å². The number of carbonyl (C=O) groups excluding carboxylic acids is 1. The van der Waals surface area contributed by atoms with E-state index in [4.69, 9.17) is 4.52 Å². The second-order valence-corrected chi connectivity index (χ2v) is 7.23. The minimum atomic E-state index is -3.93. The van der Waals surface area contributed by atoms with Crippen molar-refractivity contribution in [1.82, 2.24) is 14.4 Å². The quantitative estimate of drug-likeness (QED) is 0.761. The van der Waals surface area contributed by atoms with Crippen LogP contribution in [0.25, 0.3) is 10.9 Å². The second-order valence-electron chi connectivity index (χ2n) is 5.58. The maximum Gasteiger partial charge on any atom is 0.266 e. The first kappa shape index (κ1) is 16.3. The molecule has 0 spiro atoms. The van der Waals surface area contributed by atoms with Gasteiger partial charge in [0, 0.05) is 43.1 Å². The van der Waals surface area contributed by atoms with Crippen molar-refractivity contribution in [2.24, 2.45) is 7.05 Å². The molecule has 3 aromatic rings. The number of para-hydroxylation sites is 1. The van der Waals surface area contributed by atoms with Crippen molar-refractivity contribution in [3.63, 3.8) is 0 Å². The van der Waals surface area contributed by atoms with Gasteiger partial charge in [-0.25, -0.2) is 13.1 Å².